The van der Waals surface area contributed by atoms with Crippen molar-refractivity contribution in [3.63, 3.8) is 0 Å². The fourth-order valence-corrected chi connectivity index (χ4v) is 2.29. The van der Waals surface area contributed by atoms with Crippen LogP contribution in [-0.4, -0.2) is 15.5 Å². The first-order chi connectivity index (χ1) is 9.45. The summed E-state index contributed by atoms with van der Waals surface area (Å²) in [7, 11) is 0. The molecule has 20 heavy (non-hydrogen) atoms. The summed E-state index contributed by atoms with van der Waals surface area (Å²) < 4.78 is 1.99. The van der Waals surface area contributed by atoms with Gasteiger partial charge in [0.05, 0.1) is 9.95 Å². The molecular formula is C14H16ClN3O2. The summed E-state index contributed by atoms with van der Waals surface area (Å²) in [6.45, 7) is 2.54. The summed E-state index contributed by atoms with van der Waals surface area (Å²) in [5.41, 5.74) is 7.78. The number of nitro groups is 1. The van der Waals surface area contributed by atoms with Gasteiger partial charge < -0.3 is 10.3 Å². The van der Waals surface area contributed by atoms with Gasteiger partial charge in [0.25, 0.3) is 5.69 Å². The zero-order valence-corrected chi connectivity index (χ0v) is 11.9. The van der Waals surface area contributed by atoms with Crippen molar-refractivity contribution < 1.29 is 4.92 Å². The van der Waals surface area contributed by atoms with E-state index in [-0.39, 0.29) is 11.7 Å². The Labute approximate surface area is 122 Å². The topological polar surface area (TPSA) is 74.1 Å². The number of nitro benzene ring substituents is 1. The smallest absolute Gasteiger partial charge is 0.270 e. The maximum absolute atomic E-state index is 10.7. The van der Waals surface area contributed by atoms with E-state index < -0.39 is 4.92 Å². The lowest BCUT2D eigenvalue weighted by Crippen LogP contribution is -2.17. The molecule has 0 radical (unpaired) electrons. The monoisotopic (exact) mass is 293 g/mol. The van der Waals surface area contributed by atoms with Gasteiger partial charge in [-0.15, -0.1) is 0 Å². The van der Waals surface area contributed by atoms with Crippen molar-refractivity contribution in [2.45, 2.75) is 25.9 Å². The summed E-state index contributed by atoms with van der Waals surface area (Å²) in [5.74, 6) is 0. The summed E-state index contributed by atoms with van der Waals surface area (Å²) in [6, 6.07) is 6.67. The van der Waals surface area contributed by atoms with Gasteiger partial charge in [-0.05, 0) is 36.6 Å². The van der Waals surface area contributed by atoms with E-state index in [9.17, 15) is 10.1 Å². The average molecular weight is 294 g/mol. The third-order valence-electron chi connectivity index (χ3n) is 2.97. The van der Waals surface area contributed by atoms with Crippen molar-refractivity contribution in [3.8, 4) is 0 Å². The highest BCUT2D eigenvalue weighted by Crippen LogP contribution is 2.23. The van der Waals surface area contributed by atoms with Crippen molar-refractivity contribution in [1.82, 2.24) is 4.57 Å². The third-order valence-corrected chi connectivity index (χ3v) is 3.32. The number of rotatable bonds is 5. The standard InChI is InChI=1S/C14H16ClN3O2/c1-10(16)6-11-4-5-17(8-11)9-12-2-3-13(18(19)20)7-14(12)15/h2-5,7-8,10H,6,9,16H2,1H3. The molecule has 0 amide bonds. The predicted octanol–water partition coefficient (Wildman–Crippen LogP) is 2.99. The molecule has 1 heterocycles. The minimum absolute atomic E-state index is 0.00361. The first-order valence-corrected chi connectivity index (χ1v) is 6.66. The van der Waals surface area contributed by atoms with Crippen LogP contribution in [-0.2, 0) is 13.0 Å². The second kappa shape index (κ2) is 6.07. The fraction of sp³-hybridized carbons (Fsp3) is 0.286. The van der Waals surface area contributed by atoms with Crippen LogP contribution in [0.15, 0.2) is 36.7 Å². The number of hydrogen-bond acceptors (Lipinski definition) is 3. The maximum Gasteiger partial charge on any atom is 0.270 e. The van der Waals surface area contributed by atoms with Gasteiger partial charge in [0.1, 0.15) is 0 Å². The lowest BCUT2D eigenvalue weighted by atomic mass is 10.1. The van der Waals surface area contributed by atoms with Crippen molar-refractivity contribution >= 4 is 17.3 Å². The van der Waals surface area contributed by atoms with Crippen LogP contribution in [0.3, 0.4) is 0 Å². The summed E-state index contributed by atoms with van der Waals surface area (Å²) in [4.78, 5) is 10.2. The maximum atomic E-state index is 10.7. The summed E-state index contributed by atoms with van der Waals surface area (Å²) in [5, 5.41) is 11.1. The molecule has 0 spiro atoms. The van der Waals surface area contributed by atoms with E-state index in [2.05, 4.69) is 0 Å². The molecular weight excluding hydrogens is 278 g/mol. The van der Waals surface area contributed by atoms with Gasteiger partial charge in [-0.3, -0.25) is 10.1 Å². The highest BCUT2D eigenvalue weighted by molar-refractivity contribution is 6.31. The number of benzene rings is 1. The van der Waals surface area contributed by atoms with Crippen LogP contribution < -0.4 is 5.73 Å². The molecule has 1 aromatic heterocycles. The predicted molar refractivity (Wildman–Crippen MR) is 79.0 cm³/mol. The highest BCUT2D eigenvalue weighted by Gasteiger charge is 2.10. The van der Waals surface area contributed by atoms with Crippen molar-refractivity contribution in [1.29, 1.82) is 0 Å². The Morgan fingerprint density at radius 3 is 2.80 bits per heavy atom. The van der Waals surface area contributed by atoms with Crippen LogP contribution in [0.4, 0.5) is 5.69 Å². The van der Waals surface area contributed by atoms with Crippen LogP contribution in [0.5, 0.6) is 0 Å². The molecule has 2 N–H and O–H groups in total. The Hall–Kier alpha value is -1.85. The number of nitrogens with two attached hydrogens (primary N) is 1. The number of aromatic nitrogens is 1. The van der Waals surface area contributed by atoms with Gasteiger partial charge >= 0.3 is 0 Å². The lowest BCUT2D eigenvalue weighted by Gasteiger charge is -2.06. The molecule has 0 aliphatic carbocycles. The second-order valence-corrected chi connectivity index (χ2v) is 5.31. The molecule has 0 saturated carbocycles. The van der Waals surface area contributed by atoms with E-state index in [1.807, 2.05) is 30.0 Å². The summed E-state index contributed by atoms with van der Waals surface area (Å²) in [6.07, 6.45) is 4.79. The van der Waals surface area contributed by atoms with Crippen LogP contribution in [0.2, 0.25) is 5.02 Å². The van der Waals surface area contributed by atoms with E-state index in [1.54, 1.807) is 6.07 Å². The Morgan fingerprint density at radius 1 is 1.45 bits per heavy atom. The molecule has 0 fully saturated rings. The molecule has 0 aliphatic rings. The van der Waals surface area contributed by atoms with Crippen molar-refractivity contribution in [3.05, 3.63) is 62.9 Å². The van der Waals surface area contributed by atoms with Crippen molar-refractivity contribution in [2.75, 3.05) is 0 Å². The largest absolute Gasteiger partial charge is 0.350 e. The molecule has 6 heteroatoms. The van der Waals surface area contributed by atoms with E-state index in [0.29, 0.717) is 11.6 Å². The molecule has 0 aliphatic heterocycles. The quantitative estimate of drug-likeness (QED) is 0.680. The van der Waals surface area contributed by atoms with Gasteiger partial charge in [0.15, 0.2) is 0 Å². The molecule has 2 aromatic rings. The third kappa shape index (κ3) is 3.59. The van der Waals surface area contributed by atoms with Gasteiger partial charge in [-0.25, -0.2) is 0 Å². The average Bonchev–Trinajstić information content (AvgIpc) is 2.78. The van der Waals surface area contributed by atoms with Crippen LogP contribution in [0, 0.1) is 10.1 Å². The zero-order chi connectivity index (χ0) is 14.7. The molecule has 106 valence electrons. The number of hydrogen-bond donors (Lipinski definition) is 1. The number of nitrogens with zero attached hydrogens (tertiary/aromatic N) is 2. The normalized spacial score (nSPS) is 12.3. The van der Waals surface area contributed by atoms with Gasteiger partial charge in [-0.2, -0.15) is 0 Å². The molecule has 1 atom stereocenters. The minimum Gasteiger partial charge on any atom is -0.350 e. The van der Waals surface area contributed by atoms with E-state index in [0.717, 1.165) is 17.5 Å². The molecule has 1 aromatic carbocycles. The fourth-order valence-electron chi connectivity index (χ4n) is 2.06. The van der Waals surface area contributed by atoms with E-state index in [1.165, 1.54) is 12.1 Å². The second-order valence-electron chi connectivity index (χ2n) is 4.91. The first-order valence-electron chi connectivity index (χ1n) is 6.29. The molecule has 5 nitrogen and oxygen atoms in total. The van der Waals surface area contributed by atoms with E-state index in [4.69, 9.17) is 17.3 Å². The van der Waals surface area contributed by atoms with Crippen LogP contribution in [0.25, 0.3) is 0 Å². The van der Waals surface area contributed by atoms with E-state index >= 15 is 0 Å². The van der Waals surface area contributed by atoms with Gasteiger partial charge in [0.2, 0.25) is 0 Å². The highest BCUT2D eigenvalue weighted by atomic mass is 35.5. The molecule has 1 unspecified atom stereocenters. The SMILES string of the molecule is CC(N)Cc1ccn(Cc2ccc([N+](=O)[O-])cc2Cl)c1. The Morgan fingerprint density at radius 2 is 2.20 bits per heavy atom. The van der Waals surface area contributed by atoms with Gasteiger partial charge in [-0.1, -0.05) is 11.6 Å². The van der Waals surface area contributed by atoms with Crippen molar-refractivity contribution in [2.24, 2.45) is 5.73 Å². The molecule has 2 rings (SSSR count). The molecule has 0 bridgehead atoms. The zero-order valence-electron chi connectivity index (χ0n) is 11.1. The summed E-state index contributed by atoms with van der Waals surface area (Å²) >= 11 is 6.08. The van der Waals surface area contributed by atoms with Crippen LogP contribution >= 0.6 is 11.6 Å². The Balaban J connectivity index is 2.13. The first kappa shape index (κ1) is 14.6. The van der Waals surface area contributed by atoms with Gasteiger partial charge in [0, 0.05) is 37.1 Å². The Kier molecular flexibility index (Phi) is 4.42. The number of halogens is 1. The lowest BCUT2D eigenvalue weighted by molar-refractivity contribution is -0.384. The Bertz CT molecular complexity index is 623. The molecule has 0 saturated heterocycles. The van der Waals surface area contributed by atoms with Crippen LogP contribution in [0.1, 0.15) is 18.1 Å². The number of non-ortho nitro benzene ring substituents is 1. The minimum atomic E-state index is -0.452.